The molecule has 0 unspecified atom stereocenters. The van der Waals surface area contributed by atoms with Gasteiger partial charge in [0.15, 0.2) is 8.32 Å². The maximum atomic E-state index is 9.58. The maximum absolute atomic E-state index is 9.58. The summed E-state index contributed by atoms with van der Waals surface area (Å²) < 4.78 is 6.23. The predicted molar refractivity (Wildman–Crippen MR) is 72.7 cm³/mol. The highest BCUT2D eigenvalue weighted by Crippen LogP contribution is 2.43. The van der Waals surface area contributed by atoms with Crippen molar-refractivity contribution in [2.45, 2.75) is 56.9 Å². The van der Waals surface area contributed by atoms with Gasteiger partial charge in [-0.2, -0.15) is 0 Å². The first kappa shape index (κ1) is 13.9. The summed E-state index contributed by atoms with van der Waals surface area (Å²) in [6.45, 7) is 11.3. The Kier molecular flexibility index (Phi) is 4.63. The summed E-state index contributed by atoms with van der Waals surface area (Å²) in [7, 11) is 1.84. The van der Waals surface area contributed by atoms with Crippen molar-refractivity contribution in [1.29, 1.82) is 0 Å². The second kappa shape index (κ2) is 5.00. The topological polar surface area (TPSA) is 29.5 Å². The van der Waals surface area contributed by atoms with Gasteiger partial charge in [-0.25, -0.2) is 0 Å². The molecular weight excluding hydrogens is 244 g/mol. The summed E-state index contributed by atoms with van der Waals surface area (Å²) in [4.78, 5) is 0. The van der Waals surface area contributed by atoms with E-state index < -0.39 is 8.32 Å². The van der Waals surface area contributed by atoms with Gasteiger partial charge in [0.2, 0.25) is 0 Å². The first-order valence-electron chi connectivity index (χ1n) is 5.36. The first-order valence-corrected chi connectivity index (χ1v) is 10.7. The number of hydrogen-bond donors (Lipinski definition) is 1. The van der Waals surface area contributed by atoms with Crippen molar-refractivity contribution in [2.75, 3.05) is 5.75 Å². The number of hydrogen-bond acceptors (Lipinski definition) is 4. The molecule has 0 aromatic rings. The van der Waals surface area contributed by atoms with Crippen molar-refractivity contribution in [3.8, 4) is 0 Å². The first-order chi connectivity index (χ1) is 6.72. The molecule has 1 aliphatic heterocycles. The molecule has 0 spiro atoms. The third-order valence-electron chi connectivity index (χ3n) is 3.13. The van der Waals surface area contributed by atoms with Gasteiger partial charge in [0, 0.05) is 12.2 Å². The van der Waals surface area contributed by atoms with Crippen LogP contribution in [0.3, 0.4) is 0 Å². The van der Waals surface area contributed by atoms with E-state index in [-0.39, 0.29) is 16.6 Å². The van der Waals surface area contributed by atoms with Crippen molar-refractivity contribution in [1.82, 2.24) is 0 Å². The van der Waals surface area contributed by atoms with Crippen LogP contribution in [0.4, 0.5) is 0 Å². The zero-order chi connectivity index (χ0) is 11.7. The van der Waals surface area contributed by atoms with Gasteiger partial charge < -0.3 is 9.53 Å². The normalized spacial score (nSPS) is 29.2. The van der Waals surface area contributed by atoms with E-state index in [2.05, 4.69) is 33.9 Å². The van der Waals surface area contributed by atoms with Crippen LogP contribution in [0.5, 0.6) is 0 Å². The molecule has 1 rings (SSSR count). The fourth-order valence-electron chi connectivity index (χ4n) is 1.10. The minimum atomic E-state index is -1.67. The van der Waals surface area contributed by atoms with Crippen LogP contribution >= 0.6 is 21.6 Å². The van der Waals surface area contributed by atoms with E-state index in [1.807, 2.05) is 0 Å². The molecule has 0 bridgehead atoms. The summed E-state index contributed by atoms with van der Waals surface area (Å²) in [5.41, 5.74) is 0.180. The number of rotatable bonds is 2. The zero-order valence-electron chi connectivity index (χ0n) is 10.2. The fourth-order valence-corrected chi connectivity index (χ4v) is 5.66. The molecule has 1 aliphatic rings. The molecular formula is C10H22O2S2Si. The van der Waals surface area contributed by atoms with Gasteiger partial charge in [0.1, 0.15) is 5.44 Å². The highest BCUT2D eigenvalue weighted by Gasteiger charge is 2.40. The van der Waals surface area contributed by atoms with E-state index >= 15 is 0 Å². The van der Waals surface area contributed by atoms with Gasteiger partial charge in [-0.05, 0) is 18.1 Å². The Hall–Kier alpha value is 0.837. The molecule has 2 nitrogen and oxygen atoms in total. The molecule has 0 aromatic heterocycles. The standard InChI is InChI=1S/C10H22O2S2Si/c1-10(2,3)15(4,5)12-9-6-8(11)7-13-14-9/h8-9,11H,6-7H2,1-5H3/t8-,9-/m0/s1. The van der Waals surface area contributed by atoms with E-state index in [1.165, 1.54) is 0 Å². The maximum Gasteiger partial charge on any atom is 0.193 e. The largest absolute Gasteiger partial charge is 0.404 e. The molecule has 0 saturated carbocycles. The van der Waals surface area contributed by atoms with Crippen molar-refractivity contribution < 1.29 is 9.53 Å². The van der Waals surface area contributed by atoms with Crippen molar-refractivity contribution in [3.63, 3.8) is 0 Å². The molecule has 1 heterocycles. The Labute approximate surface area is 102 Å². The van der Waals surface area contributed by atoms with Gasteiger partial charge in [-0.15, -0.1) is 0 Å². The van der Waals surface area contributed by atoms with Crippen LogP contribution in [0, 0.1) is 0 Å². The molecule has 90 valence electrons. The predicted octanol–water partition coefficient (Wildman–Crippen LogP) is 3.48. The lowest BCUT2D eigenvalue weighted by Crippen LogP contribution is -2.44. The van der Waals surface area contributed by atoms with Gasteiger partial charge in [0.25, 0.3) is 0 Å². The minimum Gasteiger partial charge on any atom is -0.404 e. The Bertz CT molecular complexity index is 216. The molecule has 0 amide bonds. The molecule has 15 heavy (non-hydrogen) atoms. The highest BCUT2D eigenvalue weighted by atomic mass is 33.1. The zero-order valence-corrected chi connectivity index (χ0v) is 12.9. The lowest BCUT2D eigenvalue weighted by atomic mass is 10.2. The van der Waals surface area contributed by atoms with Gasteiger partial charge in [-0.1, -0.05) is 42.4 Å². The van der Waals surface area contributed by atoms with Crippen LogP contribution in [-0.2, 0) is 4.43 Å². The second-order valence-corrected chi connectivity index (χ2v) is 12.9. The quantitative estimate of drug-likeness (QED) is 0.612. The van der Waals surface area contributed by atoms with Gasteiger partial charge in [0.05, 0.1) is 6.10 Å². The van der Waals surface area contributed by atoms with Gasteiger partial charge >= 0.3 is 0 Å². The van der Waals surface area contributed by atoms with Crippen LogP contribution in [-0.4, -0.2) is 30.7 Å². The molecule has 1 fully saturated rings. The summed E-state index contributed by atoms with van der Waals surface area (Å²) in [6.07, 6.45) is 0.593. The van der Waals surface area contributed by atoms with Crippen molar-refractivity contribution >= 4 is 29.9 Å². The Balaban J connectivity index is 2.53. The molecule has 0 radical (unpaired) electrons. The summed E-state index contributed by atoms with van der Waals surface area (Å²) in [5, 5.41) is 9.83. The van der Waals surface area contributed by atoms with Crippen LogP contribution in [0.2, 0.25) is 18.1 Å². The van der Waals surface area contributed by atoms with E-state index in [9.17, 15) is 5.11 Å². The Morgan fingerprint density at radius 3 is 2.40 bits per heavy atom. The summed E-state index contributed by atoms with van der Waals surface area (Å²) >= 11 is 0. The molecule has 0 aromatic carbocycles. The Morgan fingerprint density at radius 2 is 1.93 bits per heavy atom. The molecule has 1 saturated heterocycles. The van der Waals surface area contributed by atoms with Crippen molar-refractivity contribution in [2.24, 2.45) is 0 Å². The average molecular weight is 267 g/mol. The smallest absolute Gasteiger partial charge is 0.193 e. The monoisotopic (exact) mass is 266 g/mol. The van der Waals surface area contributed by atoms with Crippen LogP contribution in [0.15, 0.2) is 0 Å². The lowest BCUT2D eigenvalue weighted by molar-refractivity contribution is 0.140. The van der Waals surface area contributed by atoms with E-state index in [0.29, 0.717) is 0 Å². The third kappa shape index (κ3) is 3.96. The molecule has 0 aliphatic carbocycles. The van der Waals surface area contributed by atoms with Crippen LogP contribution in [0.25, 0.3) is 0 Å². The Morgan fingerprint density at radius 1 is 1.33 bits per heavy atom. The van der Waals surface area contributed by atoms with Gasteiger partial charge in [-0.3, -0.25) is 0 Å². The minimum absolute atomic E-state index is 0.180. The number of aliphatic hydroxyl groups excluding tert-OH is 1. The molecule has 5 heteroatoms. The SMILES string of the molecule is CC(C)(C)[Si](C)(C)O[C@@H]1C[C@H](O)CSS1. The average Bonchev–Trinajstić information content (AvgIpc) is 2.00. The van der Waals surface area contributed by atoms with E-state index in [0.717, 1.165) is 12.2 Å². The van der Waals surface area contributed by atoms with Crippen LogP contribution in [0.1, 0.15) is 27.2 Å². The van der Waals surface area contributed by atoms with E-state index in [4.69, 9.17) is 4.43 Å². The summed E-state index contributed by atoms with van der Waals surface area (Å²) in [5.74, 6) is 0.835. The molecule has 1 N–H and O–H groups in total. The fraction of sp³-hybridized carbons (Fsp3) is 1.00. The summed E-state index contributed by atoms with van der Waals surface area (Å²) in [6, 6.07) is 0. The third-order valence-corrected chi connectivity index (χ3v) is 10.4. The second-order valence-electron chi connectivity index (χ2n) is 5.58. The number of aliphatic hydroxyl groups is 1. The lowest BCUT2D eigenvalue weighted by Gasteiger charge is -2.40. The van der Waals surface area contributed by atoms with E-state index in [1.54, 1.807) is 21.6 Å². The van der Waals surface area contributed by atoms with Crippen molar-refractivity contribution in [3.05, 3.63) is 0 Å². The highest BCUT2D eigenvalue weighted by molar-refractivity contribution is 8.77. The van der Waals surface area contributed by atoms with Crippen LogP contribution < -0.4 is 0 Å². The molecule has 2 atom stereocenters.